The van der Waals surface area contributed by atoms with Gasteiger partial charge in [-0.3, -0.25) is 0 Å². The maximum absolute atomic E-state index is 5.31. The first-order valence-electron chi connectivity index (χ1n) is 7.94. The third-order valence-corrected chi connectivity index (χ3v) is 4.45. The molecule has 2 aromatic carbocycles. The minimum atomic E-state index is 0.591. The molecule has 0 heterocycles. The lowest BCUT2D eigenvalue weighted by Crippen LogP contribution is -2.29. The highest BCUT2D eigenvalue weighted by molar-refractivity contribution is 9.10. The molecular weight excluding hydrogens is 368 g/mol. The lowest BCUT2D eigenvalue weighted by molar-refractivity contribution is 0.776. The van der Waals surface area contributed by atoms with Crippen molar-refractivity contribution in [1.82, 2.24) is 5.32 Å². The summed E-state index contributed by atoms with van der Waals surface area (Å²) in [6, 6.07) is 16.9. The molecule has 2 nitrogen and oxygen atoms in total. The van der Waals surface area contributed by atoms with Gasteiger partial charge in [-0.25, -0.2) is 0 Å². The first kappa shape index (κ1) is 18.0. The highest BCUT2D eigenvalue weighted by Crippen LogP contribution is 2.15. The summed E-state index contributed by atoms with van der Waals surface area (Å²) in [5.41, 5.74) is 3.77. The zero-order valence-electron chi connectivity index (χ0n) is 13.6. The van der Waals surface area contributed by atoms with Gasteiger partial charge in [0.15, 0.2) is 5.11 Å². The molecule has 2 N–H and O–H groups in total. The zero-order chi connectivity index (χ0) is 16.7. The van der Waals surface area contributed by atoms with Gasteiger partial charge in [-0.1, -0.05) is 54.0 Å². The summed E-state index contributed by atoms with van der Waals surface area (Å²) in [4.78, 5) is 0. The van der Waals surface area contributed by atoms with Crippen LogP contribution in [-0.2, 0) is 6.42 Å². The van der Waals surface area contributed by atoms with E-state index in [2.05, 4.69) is 64.7 Å². The van der Waals surface area contributed by atoms with E-state index in [1.807, 2.05) is 24.3 Å². The number of rotatable bonds is 6. The Morgan fingerprint density at radius 2 is 1.70 bits per heavy atom. The van der Waals surface area contributed by atoms with Gasteiger partial charge in [0.25, 0.3) is 0 Å². The highest BCUT2D eigenvalue weighted by atomic mass is 79.9. The Kier molecular flexibility index (Phi) is 7.06. The van der Waals surface area contributed by atoms with Crippen LogP contribution < -0.4 is 10.6 Å². The molecule has 2 aromatic rings. The molecule has 0 saturated carbocycles. The molecule has 122 valence electrons. The van der Waals surface area contributed by atoms with Gasteiger partial charge in [0.2, 0.25) is 0 Å². The quantitative estimate of drug-likeness (QED) is 0.503. The lowest BCUT2D eigenvalue weighted by Gasteiger charge is -2.11. The molecule has 0 spiro atoms. The number of aryl methyl sites for hydroxylation is 1. The molecule has 0 amide bonds. The van der Waals surface area contributed by atoms with Crippen molar-refractivity contribution in [2.75, 3.05) is 11.9 Å². The lowest BCUT2D eigenvalue weighted by atomic mass is 10.0. The summed E-state index contributed by atoms with van der Waals surface area (Å²) in [5.74, 6) is 0.591. The van der Waals surface area contributed by atoms with E-state index in [1.165, 1.54) is 11.1 Å². The van der Waals surface area contributed by atoms with E-state index >= 15 is 0 Å². The van der Waals surface area contributed by atoms with Crippen LogP contribution >= 0.6 is 28.1 Å². The van der Waals surface area contributed by atoms with E-state index in [-0.39, 0.29) is 0 Å². The summed E-state index contributed by atoms with van der Waals surface area (Å²) in [6.07, 6.45) is 2.12. The maximum Gasteiger partial charge on any atom is 0.170 e. The predicted molar refractivity (Wildman–Crippen MR) is 107 cm³/mol. The van der Waals surface area contributed by atoms with Crippen molar-refractivity contribution >= 4 is 38.9 Å². The summed E-state index contributed by atoms with van der Waals surface area (Å²) >= 11 is 8.73. The molecule has 0 fully saturated rings. The van der Waals surface area contributed by atoms with Crippen LogP contribution in [0.2, 0.25) is 0 Å². The van der Waals surface area contributed by atoms with Crippen molar-refractivity contribution in [2.24, 2.45) is 0 Å². The molecule has 0 saturated heterocycles. The van der Waals surface area contributed by atoms with Gasteiger partial charge in [-0.15, -0.1) is 0 Å². The smallest absolute Gasteiger partial charge is 0.170 e. The summed E-state index contributed by atoms with van der Waals surface area (Å²) in [7, 11) is 0. The Hall–Kier alpha value is -1.39. The molecular formula is C19H23BrN2S. The van der Waals surface area contributed by atoms with Crippen LogP contribution in [0, 0.1) is 0 Å². The topological polar surface area (TPSA) is 24.1 Å². The Morgan fingerprint density at radius 1 is 1.04 bits per heavy atom. The number of thiocarbonyl (C=S) groups is 1. The van der Waals surface area contributed by atoms with Crippen molar-refractivity contribution < 1.29 is 0 Å². The van der Waals surface area contributed by atoms with E-state index in [9.17, 15) is 0 Å². The van der Waals surface area contributed by atoms with E-state index < -0.39 is 0 Å². The van der Waals surface area contributed by atoms with Gasteiger partial charge in [-0.2, -0.15) is 0 Å². The van der Waals surface area contributed by atoms with Gasteiger partial charge in [-0.05, 0) is 66.4 Å². The Bertz CT molecular complexity index is 621. The SMILES string of the molecule is CC(C)c1ccc(CCCNC(=S)Nc2ccc(Br)cc2)cc1. The van der Waals surface area contributed by atoms with E-state index in [4.69, 9.17) is 12.2 Å². The molecule has 0 aliphatic rings. The van der Waals surface area contributed by atoms with Crippen molar-refractivity contribution in [3.63, 3.8) is 0 Å². The second-order valence-electron chi connectivity index (χ2n) is 5.89. The van der Waals surface area contributed by atoms with E-state index in [0.29, 0.717) is 11.0 Å². The second kappa shape index (κ2) is 9.04. The number of hydrogen-bond donors (Lipinski definition) is 2. The van der Waals surface area contributed by atoms with Gasteiger partial charge >= 0.3 is 0 Å². The molecule has 0 bridgehead atoms. The van der Waals surface area contributed by atoms with Gasteiger partial charge < -0.3 is 10.6 Å². The number of anilines is 1. The average molecular weight is 391 g/mol. The molecule has 0 aromatic heterocycles. The number of hydrogen-bond acceptors (Lipinski definition) is 1. The highest BCUT2D eigenvalue weighted by Gasteiger charge is 2.00. The predicted octanol–water partition coefficient (Wildman–Crippen LogP) is 5.49. The normalized spacial score (nSPS) is 10.6. The molecule has 4 heteroatoms. The van der Waals surface area contributed by atoms with E-state index in [0.717, 1.165) is 29.5 Å². The molecule has 0 unspecified atom stereocenters. The third-order valence-electron chi connectivity index (χ3n) is 3.68. The number of halogens is 1. The van der Waals surface area contributed by atoms with Crippen molar-refractivity contribution in [1.29, 1.82) is 0 Å². The summed E-state index contributed by atoms with van der Waals surface area (Å²) in [5, 5.41) is 7.11. The Labute approximate surface area is 152 Å². The van der Waals surface area contributed by atoms with Crippen LogP contribution in [-0.4, -0.2) is 11.7 Å². The second-order valence-corrected chi connectivity index (χ2v) is 7.21. The molecule has 0 atom stereocenters. The third kappa shape index (κ3) is 6.32. The Morgan fingerprint density at radius 3 is 2.30 bits per heavy atom. The molecule has 2 rings (SSSR count). The van der Waals surface area contributed by atoms with Crippen LogP contribution in [0.4, 0.5) is 5.69 Å². The minimum Gasteiger partial charge on any atom is -0.362 e. The fourth-order valence-corrected chi connectivity index (χ4v) is 2.76. The van der Waals surface area contributed by atoms with Crippen molar-refractivity contribution in [3.8, 4) is 0 Å². The standard InChI is InChI=1S/C19H23BrN2S/c1-14(2)16-7-5-15(6-8-16)4-3-13-21-19(23)22-18-11-9-17(20)10-12-18/h5-12,14H,3-4,13H2,1-2H3,(H2,21,22,23). The van der Waals surface area contributed by atoms with Gasteiger partial charge in [0.05, 0.1) is 0 Å². The zero-order valence-corrected chi connectivity index (χ0v) is 16.0. The van der Waals surface area contributed by atoms with Crippen LogP contribution in [0.5, 0.6) is 0 Å². The molecule has 0 radical (unpaired) electrons. The van der Waals surface area contributed by atoms with E-state index in [1.54, 1.807) is 0 Å². The first-order chi connectivity index (χ1) is 11.0. The van der Waals surface area contributed by atoms with Gasteiger partial charge in [0, 0.05) is 16.7 Å². The van der Waals surface area contributed by atoms with Crippen LogP contribution in [0.3, 0.4) is 0 Å². The Balaban J connectivity index is 1.68. The minimum absolute atomic E-state index is 0.591. The molecule has 0 aliphatic carbocycles. The van der Waals surface area contributed by atoms with Crippen molar-refractivity contribution in [2.45, 2.75) is 32.6 Å². The van der Waals surface area contributed by atoms with Crippen LogP contribution in [0.15, 0.2) is 53.0 Å². The van der Waals surface area contributed by atoms with Gasteiger partial charge in [0.1, 0.15) is 0 Å². The number of benzene rings is 2. The number of nitrogens with one attached hydrogen (secondary N) is 2. The fourth-order valence-electron chi connectivity index (χ4n) is 2.27. The van der Waals surface area contributed by atoms with Crippen LogP contribution in [0.1, 0.15) is 37.3 Å². The first-order valence-corrected chi connectivity index (χ1v) is 9.14. The summed E-state index contributed by atoms with van der Waals surface area (Å²) in [6.45, 7) is 5.31. The van der Waals surface area contributed by atoms with Crippen molar-refractivity contribution in [3.05, 3.63) is 64.1 Å². The monoisotopic (exact) mass is 390 g/mol. The molecule has 23 heavy (non-hydrogen) atoms. The largest absolute Gasteiger partial charge is 0.362 e. The molecule has 0 aliphatic heterocycles. The fraction of sp³-hybridized carbons (Fsp3) is 0.316. The maximum atomic E-state index is 5.31. The summed E-state index contributed by atoms with van der Waals surface area (Å²) < 4.78 is 1.06. The van der Waals surface area contributed by atoms with Crippen LogP contribution in [0.25, 0.3) is 0 Å². The average Bonchev–Trinajstić information content (AvgIpc) is 2.54.